The van der Waals surface area contributed by atoms with E-state index in [4.69, 9.17) is 4.74 Å². The summed E-state index contributed by atoms with van der Waals surface area (Å²) in [4.78, 5) is 31.6. The van der Waals surface area contributed by atoms with Crippen LogP contribution >= 0.6 is 11.8 Å². The fourth-order valence-corrected chi connectivity index (χ4v) is 5.30. The van der Waals surface area contributed by atoms with Gasteiger partial charge in [0, 0.05) is 50.1 Å². The highest BCUT2D eigenvalue weighted by molar-refractivity contribution is 8.00. The van der Waals surface area contributed by atoms with Crippen LogP contribution in [0.25, 0.3) is 0 Å². The summed E-state index contributed by atoms with van der Waals surface area (Å²) in [5.41, 5.74) is 2.93. The van der Waals surface area contributed by atoms with Crippen LogP contribution < -0.4 is 0 Å². The fourth-order valence-electron chi connectivity index (χ4n) is 4.47. The maximum absolute atomic E-state index is 13.8. The van der Waals surface area contributed by atoms with Gasteiger partial charge >= 0.3 is 0 Å². The van der Waals surface area contributed by atoms with Gasteiger partial charge in [-0.15, -0.1) is 11.8 Å². The normalized spacial score (nSPS) is 10.9. The van der Waals surface area contributed by atoms with E-state index in [0.29, 0.717) is 39.2 Å². The van der Waals surface area contributed by atoms with Crippen LogP contribution in [0.4, 0.5) is 4.39 Å². The maximum atomic E-state index is 13.8. The molecule has 0 radical (unpaired) electrons. The van der Waals surface area contributed by atoms with Crippen molar-refractivity contribution in [1.82, 2.24) is 14.4 Å². The summed E-state index contributed by atoms with van der Waals surface area (Å²) in [7, 11) is 1.63. The summed E-state index contributed by atoms with van der Waals surface area (Å²) in [5, 5.41) is 0. The molecule has 8 heteroatoms. The number of ether oxygens (including phenoxy) is 1. The van der Waals surface area contributed by atoms with Crippen LogP contribution in [0.5, 0.6) is 0 Å². The number of thioether (sulfide) groups is 1. The van der Waals surface area contributed by atoms with Gasteiger partial charge in [0.1, 0.15) is 5.82 Å². The zero-order chi connectivity index (χ0) is 28.9. The lowest BCUT2D eigenvalue weighted by molar-refractivity contribution is -0.140. The first-order chi connectivity index (χ1) is 20.0. The van der Waals surface area contributed by atoms with Crippen molar-refractivity contribution < 1.29 is 18.7 Å². The summed E-state index contributed by atoms with van der Waals surface area (Å²) >= 11 is 1.47. The van der Waals surface area contributed by atoms with Crippen LogP contribution in [0.15, 0.2) is 108 Å². The Morgan fingerprint density at radius 1 is 0.805 bits per heavy atom. The molecule has 1 heterocycles. The van der Waals surface area contributed by atoms with E-state index in [1.165, 1.54) is 23.9 Å². The molecule has 214 valence electrons. The van der Waals surface area contributed by atoms with E-state index in [0.717, 1.165) is 21.7 Å². The van der Waals surface area contributed by atoms with Crippen molar-refractivity contribution in [3.05, 3.63) is 126 Å². The molecule has 0 fully saturated rings. The SMILES string of the molecule is COCCCN(CC(=O)N(Cc1ccccc1)Cc1cccn1Cc1ccc(F)cc1)C(=O)CSc1ccccc1. The van der Waals surface area contributed by atoms with E-state index in [-0.39, 0.29) is 29.9 Å². The Morgan fingerprint density at radius 2 is 1.51 bits per heavy atom. The topological polar surface area (TPSA) is 54.8 Å². The van der Waals surface area contributed by atoms with Crippen molar-refractivity contribution in [1.29, 1.82) is 0 Å². The predicted molar refractivity (Wildman–Crippen MR) is 161 cm³/mol. The second kappa shape index (κ2) is 15.8. The minimum absolute atomic E-state index is 0.0105. The summed E-state index contributed by atoms with van der Waals surface area (Å²) in [5.74, 6) is -0.224. The standard InChI is InChI=1S/C33H36FN3O3S/c1-40-21-9-20-36(33(39)26-41-31-13-6-3-7-14-31)25-32(38)37(23-27-10-4-2-5-11-27)24-30-12-8-19-35(30)22-28-15-17-29(34)18-16-28/h2-8,10-19H,9,20-26H2,1H3. The van der Waals surface area contributed by atoms with Gasteiger partial charge in [0.2, 0.25) is 11.8 Å². The molecule has 3 aromatic carbocycles. The Labute approximate surface area is 245 Å². The van der Waals surface area contributed by atoms with Gasteiger partial charge in [0.25, 0.3) is 0 Å². The first-order valence-corrected chi connectivity index (χ1v) is 14.6. The first kappa shape index (κ1) is 30.1. The molecule has 4 aromatic rings. The highest BCUT2D eigenvalue weighted by Gasteiger charge is 2.23. The molecule has 1 aromatic heterocycles. The molecular weight excluding hydrogens is 537 g/mol. The number of hydrogen-bond donors (Lipinski definition) is 0. The Kier molecular flexibility index (Phi) is 11.6. The van der Waals surface area contributed by atoms with Gasteiger partial charge in [-0.2, -0.15) is 0 Å². The monoisotopic (exact) mass is 573 g/mol. The molecule has 0 atom stereocenters. The third-order valence-electron chi connectivity index (χ3n) is 6.67. The van der Waals surface area contributed by atoms with Crippen molar-refractivity contribution in [2.75, 3.05) is 32.6 Å². The Hall–Kier alpha value is -3.88. The van der Waals surface area contributed by atoms with Crippen LogP contribution in [-0.4, -0.2) is 58.7 Å². The second-order valence-electron chi connectivity index (χ2n) is 9.75. The molecule has 0 spiro atoms. The van der Waals surface area contributed by atoms with Crippen LogP contribution in [0.3, 0.4) is 0 Å². The van der Waals surface area contributed by atoms with E-state index in [2.05, 4.69) is 4.57 Å². The van der Waals surface area contributed by atoms with Crippen LogP contribution in [0.1, 0.15) is 23.2 Å². The van der Waals surface area contributed by atoms with Crippen LogP contribution in [-0.2, 0) is 34.0 Å². The molecule has 0 N–H and O–H groups in total. The zero-order valence-electron chi connectivity index (χ0n) is 23.3. The second-order valence-corrected chi connectivity index (χ2v) is 10.8. The lowest BCUT2D eigenvalue weighted by Crippen LogP contribution is -2.44. The van der Waals surface area contributed by atoms with E-state index >= 15 is 0 Å². The van der Waals surface area contributed by atoms with Crippen molar-refractivity contribution in [3.8, 4) is 0 Å². The van der Waals surface area contributed by atoms with Crippen LogP contribution in [0, 0.1) is 5.82 Å². The molecule has 0 saturated heterocycles. The number of amides is 2. The number of halogens is 1. The molecule has 0 bridgehead atoms. The summed E-state index contributed by atoms with van der Waals surface area (Å²) < 4.78 is 20.7. The fraction of sp³-hybridized carbons (Fsp3) is 0.273. The third kappa shape index (κ3) is 9.62. The number of methoxy groups -OCH3 is 1. The van der Waals surface area contributed by atoms with Gasteiger partial charge < -0.3 is 19.1 Å². The van der Waals surface area contributed by atoms with Crippen LogP contribution in [0.2, 0.25) is 0 Å². The van der Waals surface area contributed by atoms with E-state index in [9.17, 15) is 14.0 Å². The Morgan fingerprint density at radius 3 is 2.22 bits per heavy atom. The van der Waals surface area contributed by atoms with Crippen molar-refractivity contribution >= 4 is 23.6 Å². The van der Waals surface area contributed by atoms with E-state index in [1.54, 1.807) is 29.0 Å². The number of nitrogens with zero attached hydrogens (tertiary/aromatic N) is 3. The van der Waals surface area contributed by atoms with Crippen molar-refractivity contribution in [2.24, 2.45) is 0 Å². The molecule has 4 rings (SSSR count). The number of aromatic nitrogens is 1. The lowest BCUT2D eigenvalue weighted by Gasteiger charge is -2.28. The average Bonchev–Trinajstić information content (AvgIpc) is 3.43. The molecule has 6 nitrogen and oxygen atoms in total. The van der Waals surface area contributed by atoms with Gasteiger partial charge in [-0.05, 0) is 53.9 Å². The molecule has 0 saturated carbocycles. The molecule has 0 aliphatic rings. The summed E-state index contributed by atoms with van der Waals surface area (Å²) in [6.45, 7) is 2.29. The van der Waals surface area contributed by atoms with Gasteiger partial charge in [-0.1, -0.05) is 60.7 Å². The summed E-state index contributed by atoms with van der Waals surface area (Å²) in [6.07, 6.45) is 2.61. The lowest BCUT2D eigenvalue weighted by atomic mass is 10.2. The quantitative estimate of drug-likeness (QED) is 0.132. The Bertz CT molecular complexity index is 1360. The average molecular weight is 574 g/mol. The Balaban J connectivity index is 1.49. The first-order valence-electron chi connectivity index (χ1n) is 13.7. The molecule has 41 heavy (non-hydrogen) atoms. The number of carbonyl (C=O) groups is 2. The molecular formula is C33H36FN3O3S. The van der Waals surface area contributed by atoms with Gasteiger partial charge in [-0.3, -0.25) is 9.59 Å². The minimum Gasteiger partial charge on any atom is -0.385 e. The van der Waals surface area contributed by atoms with Gasteiger partial charge in [0.05, 0.1) is 18.8 Å². The van der Waals surface area contributed by atoms with E-state index in [1.807, 2.05) is 79.0 Å². The molecule has 2 amide bonds. The van der Waals surface area contributed by atoms with Crippen molar-refractivity contribution in [2.45, 2.75) is 31.0 Å². The highest BCUT2D eigenvalue weighted by atomic mass is 32.2. The number of benzene rings is 3. The molecule has 0 unspecified atom stereocenters. The number of carbonyl (C=O) groups excluding carboxylic acids is 2. The predicted octanol–water partition coefficient (Wildman–Crippen LogP) is 5.86. The summed E-state index contributed by atoms with van der Waals surface area (Å²) in [6, 6.07) is 30.0. The maximum Gasteiger partial charge on any atom is 0.242 e. The largest absolute Gasteiger partial charge is 0.385 e. The molecule has 0 aliphatic heterocycles. The molecule has 0 aliphatic carbocycles. The zero-order valence-corrected chi connectivity index (χ0v) is 24.1. The van der Waals surface area contributed by atoms with Gasteiger partial charge in [-0.25, -0.2) is 4.39 Å². The van der Waals surface area contributed by atoms with Crippen molar-refractivity contribution in [3.63, 3.8) is 0 Å². The number of hydrogen-bond acceptors (Lipinski definition) is 4. The highest BCUT2D eigenvalue weighted by Crippen LogP contribution is 2.19. The van der Waals surface area contributed by atoms with E-state index < -0.39 is 0 Å². The third-order valence-corrected chi connectivity index (χ3v) is 7.67. The smallest absolute Gasteiger partial charge is 0.242 e. The number of rotatable bonds is 15. The minimum atomic E-state index is -0.270. The van der Waals surface area contributed by atoms with Gasteiger partial charge in [0.15, 0.2) is 0 Å².